The molecule has 3 N–H and O–H groups in total. The summed E-state index contributed by atoms with van der Waals surface area (Å²) < 4.78 is 5.47. The van der Waals surface area contributed by atoms with Gasteiger partial charge in [0, 0.05) is 31.9 Å². The smallest absolute Gasteiger partial charge is 0.241 e. The topological polar surface area (TPSA) is 93.4 Å². The predicted octanol–water partition coefficient (Wildman–Crippen LogP) is -0.471. The number of piperazine rings is 1. The van der Waals surface area contributed by atoms with Gasteiger partial charge in [-0.25, -0.2) is 4.98 Å². The Morgan fingerprint density at radius 3 is 3.26 bits per heavy atom. The highest BCUT2D eigenvalue weighted by atomic mass is 16.5. The summed E-state index contributed by atoms with van der Waals surface area (Å²) in [4.78, 5) is 21.8. The SMILES string of the molecule is CCCOc1ccnc(N2CCNCC2C(N)=O)n1. The lowest BCUT2D eigenvalue weighted by Gasteiger charge is -2.34. The van der Waals surface area contributed by atoms with E-state index in [1.807, 2.05) is 11.8 Å². The van der Waals surface area contributed by atoms with Gasteiger partial charge >= 0.3 is 0 Å². The minimum absolute atomic E-state index is 0.379. The normalized spacial score (nSPS) is 19.2. The van der Waals surface area contributed by atoms with Gasteiger partial charge in [0.1, 0.15) is 6.04 Å². The van der Waals surface area contributed by atoms with E-state index >= 15 is 0 Å². The number of hydrogen-bond donors (Lipinski definition) is 2. The lowest BCUT2D eigenvalue weighted by atomic mass is 10.2. The van der Waals surface area contributed by atoms with Crippen LogP contribution in [-0.2, 0) is 4.79 Å². The quantitative estimate of drug-likeness (QED) is 0.747. The first-order chi connectivity index (χ1) is 9.22. The summed E-state index contributed by atoms with van der Waals surface area (Å²) in [7, 11) is 0. The fourth-order valence-electron chi connectivity index (χ4n) is 1.96. The number of rotatable bonds is 5. The van der Waals surface area contributed by atoms with Crippen molar-refractivity contribution in [2.24, 2.45) is 5.73 Å². The minimum atomic E-state index is -0.421. The molecule has 1 aromatic rings. The monoisotopic (exact) mass is 265 g/mol. The first kappa shape index (κ1) is 13.5. The standard InChI is InChI=1S/C12H19N5O2/c1-2-7-19-10-3-4-15-12(16-10)17-6-5-14-8-9(17)11(13)18/h3-4,9,14H,2,5-8H2,1H3,(H2,13,18). The Morgan fingerprint density at radius 1 is 1.68 bits per heavy atom. The van der Waals surface area contributed by atoms with Crippen LogP contribution in [0.5, 0.6) is 5.88 Å². The van der Waals surface area contributed by atoms with Crippen molar-refractivity contribution in [1.29, 1.82) is 0 Å². The molecule has 0 aromatic carbocycles. The van der Waals surface area contributed by atoms with Crippen LogP contribution in [0.4, 0.5) is 5.95 Å². The number of carbonyl (C=O) groups is 1. The van der Waals surface area contributed by atoms with Crippen LogP contribution in [0, 0.1) is 0 Å². The zero-order valence-electron chi connectivity index (χ0n) is 11.0. The number of nitrogens with zero attached hydrogens (tertiary/aromatic N) is 3. The number of anilines is 1. The highest BCUT2D eigenvalue weighted by molar-refractivity contribution is 5.83. The van der Waals surface area contributed by atoms with Gasteiger partial charge in [0.2, 0.25) is 17.7 Å². The Balaban J connectivity index is 2.16. The molecule has 1 unspecified atom stereocenters. The van der Waals surface area contributed by atoms with Gasteiger partial charge in [0.25, 0.3) is 0 Å². The largest absolute Gasteiger partial charge is 0.478 e. The van der Waals surface area contributed by atoms with Gasteiger partial charge in [-0.05, 0) is 6.42 Å². The number of carbonyl (C=O) groups excluding carboxylic acids is 1. The molecule has 0 radical (unpaired) electrons. The average Bonchev–Trinajstić information content (AvgIpc) is 2.45. The van der Waals surface area contributed by atoms with Crippen molar-refractivity contribution in [2.75, 3.05) is 31.1 Å². The number of primary amides is 1. The molecule has 1 aliphatic rings. The van der Waals surface area contributed by atoms with E-state index < -0.39 is 6.04 Å². The second kappa shape index (κ2) is 6.33. The van der Waals surface area contributed by atoms with Gasteiger partial charge < -0.3 is 20.7 Å². The number of aromatic nitrogens is 2. The van der Waals surface area contributed by atoms with Gasteiger partial charge in [-0.2, -0.15) is 4.98 Å². The summed E-state index contributed by atoms with van der Waals surface area (Å²) in [5.74, 6) is 0.628. The molecule has 1 aliphatic heterocycles. The molecule has 0 saturated carbocycles. The zero-order valence-corrected chi connectivity index (χ0v) is 11.0. The van der Waals surface area contributed by atoms with Crippen LogP contribution in [0.2, 0.25) is 0 Å². The summed E-state index contributed by atoms with van der Waals surface area (Å²) in [5, 5.41) is 3.14. The third-order valence-corrected chi connectivity index (χ3v) is 2.90. The van der Waals surface area contributed by atoms with E-state index in [1.165, 1.54) is 0 Å². The van der Waals surface area contributed by atoms with E-state index in [0.29, 0.717) is 31.5 Å². The Kier molecular flexibility index (Phi) is 4.51. The predicted molar refractivity (Wildman–Crippen MR) is 71.0 cm³/mol. The van der Waals surface area contributed by atoms with Crippen molar-refractivity contribution in [1.82, 2.24) is 15.3 Å². The second-order valence-electron chi connectivity index (χ2n) is 4.36. The summed E-state index contributed by atoms with van der Waals surface area (Å²) in [5.41, 5.74) is 5.41. The van der Waals surface area contributed by atoms with Crippen LogP contribution in [0.3, 0.4) is 0 Å². The van der Waals surface area contributed by atoms with E-state index in [2.05, 4.69) is 15.3 Å². The number of hydrogen-bond acceptors (Lipinski definition) is 6. The van der Waals surface area contributed by atoms with Crippen LogP contribution >= 0.6 is 0 Å². The Hall–Kier alpha value is -1.89. The minimum Gasteiger partial charge on any atom is -0.478 e. The van der Waals surface area contributed by atoms with Gasteiger partial charge in [-0.15, -0.1) is 0 Å². The summed E-state index contributed by atoms with van der Waals surface area (Å²) in [6.45, 7) is 4.57. The van der Waals surface area contributed by atoms with Crippen molar-refractivity contribution < 1.29 is 9.53 Å². The van der Waals surface area contributed by atoms with Gasteiger partial charge in [0.05, 0.1) is 6.61 Å². The van der Waals surface area contributed by atoms with E-state index in [1.54, 1.807) is 12.3 Å². The molecule has 1 fully saturated rings. The molecule has 7 nitrogen and oxygen atoms in total. The van der Waals surface area contributed by atoms with Crippen molar-refractivity contribution in [2.45, 2.75) is 19.4 Å². The molecular formula is C12H19N5O2. The fourth-order valence-corrected chi connectivity index (χ4v) is 1.96. The third-order valence-electron chi connectivity index (χ3n) is 2.90. The first-order valence-electron chi connectivity index (χ1n) is 6.45. The van der Waals surface area contributed by atoms with Crippen molar-refractivity contribution in [3.8, 4) is 5.88 Å². The molecule has 1 saturated heterocycles. The molecule has 2 rings (SSSR count). The molecule has 19 heavy (non-hydrogen) atoms. The number of ether oxygens (including phenoxy) is 1. The van der Waals surface area contributed by atoms with Crippen LogP contribution in [0.25, 0.3) is 0 Å². The molecule has 1 aromatic heterocycles. The van der Waals surface area contributed by atoms with Crippen molar-refractivity contribution in [3.63, 3.8) is 0 Å². The Bertz CT molecular complexity index is 440. The maximum atomic E-state index is 11.4. The zero-order chi connectivity index (χ0) is 13.7. The number of nitrogens with two attached hydrogens (primary N) is 1. The highest BCUT2D eigenvalue weighted by Crippen LogP contribution is 2.16. The van der Waals surface area contributed by atoms with Gasteiger partial charge in [-0.3, -0.25) is 4.79 Å². The van der Waals surface area contributed by atoms with Crippen LogP contribution in [0.1, 0.15) is 13.3 Å². The van der Waals surface area contributed by atoms with E-state index in [0.717, 1.165) is 13.0 Å². The number of nitrogens with one attached hydrogen (secondary N) is 1. The van der Waals surface area contributed by atoms with E-state index in [9.17, 15) is 4.79 Å². The third kappa shape index (κ3) is 3.31. The summed E-state index contributed by atoms with van der Waals surface area (Å²) >= 11 is 0. The molecule has 104 valence electrons. The first-order valence-corrected chi connectivity index (χ1v) is 6.45. The van der Waals surface area contributed by atoms with Gasteiger partial charge in [0.15, 0.2) is 0 Å². The lowest BCUT2D eigenvalue weighted by molar-refractivity contribution is -0.119. The van der Waals surface area contributed by atoms with Crippen molar-refractivity contribution in [3.05, 3.63) is 12.3 Å². The van der Waals surface area contributed by atoms with Gasteiger partial charge in [-0.1, -0.05) is 6.92 Å². The molecule has 1 amide bonds. The molecule has 1 atom stereocenters. The Labute approximate surface area is 112 Å². The average molecular weight is 265 g/mol. The number of amides is 1. The molecule has 7 heteroatoms. The highest BCUT2D eigenvalue weighted by Gasteiger charge is 2.28. The molecule has 0 aliphatic carbocycles. The van der Waals surface area contributed by atoms with Crippen LogP contribution < -0.4 is 20.7 Å². The van der Waals surface area contributed by atoms with E-state index in [-0.39, 0.29) is 5.91 Å². The second-order valence-corrected chi connectivity index (χ2v) is 4.36. The Morgan fingerprint density at radius 2 is 2.53 bits per heavy atom. The molecule has 0 bridgehead atoms. The fraction of sp³-hybridized carbons (Fsp3) is 0.583. The lowest BCUT2D eigenvalue weighted by Crippen LogP contribution is -2.57. The maximum Gasteiger partial charge on any atom is 0.241 e. The molecule has 0 spiro atoms. The maximum absolute atomic E-state index is 11.4. The van der Waals surface area contributed by atoms with Crippen molar-refractivity contribution >= 4 is 11.9 Å². The molecule has 2 heterocycles. The summed E-state index contributed by atoms with van der Waals surface area (Å²) in [6, 6.07) is 1.29. The van der Waals surface area contributed by atoms with Crippen LogP contribution in [0.15, 0.2) is 12.3 Å². The summed E-state index contributed by atoms with van der Waals surface area (Å²) in [6.07, 6.45) is 2.55. The van der Waals surface area contributed by atoms with E-state index in [4.69, 9.17) is 10.5 Å². The molecular weight excluding hydrogens is 246 g/mol. The van der Waals surface area contributed by atoms with Crippen LogP contribution in [-0.4, -0.2) is 48.2 Å².